The van der Waals surface area contributed by atoms with E-state index in [0.717, 1.165) is 30.9 Å². The van der Waals surface area contributed by atoms with E-state index < -0.39 is 41.3 Å². The average Bonchev–Trinajstić information content (AvgIpc) is 2.80. The van der Waals surface area contributed by atoms with E-state index in [4.69, 9.17) is 0 Å². The SMILES string of the molecule is Cc1ncc2c(NC3c4ccccc4C4(CCCCC4)CC3(O)C(F)(F)F)cc(F)c(F)c2n1. The van der Waals surface area contributed by atoms with Crippen molar-refractivity contribution in [2.75, 3.05) is 5.32 Å². The Kier molecular flexibility index (Phi) is 5.31. The molecule has 2 unspecified atom stereocenters. The van der Waals surface area contributed by atoms with Gasteiger partial charge in [-0.25, -0.2) is 18.7 Å². The fourth-order valence-corrected chi connectivity index (χ4v) is 5.83. The molecule has 0 radical (unpaired) electrons. The molecule has 5 rings (SSSR count). The van der Waals surface area contributed by atoms with Crippen LogP contribution in [-0.4, -0.2) is 26.9 Å². The Labute approximate surface area is 193 Å². The van der Waals surface area contributed by atoms with Crippen molar-refractivity contribution in [1.82, 2.24) is 9.97 Å². The third-order valence-corrected chi connectivity index (χ3v) is 7.42. The van der Waals surface area contributed by atoms with Gasteiger partial charge in [0.2, 0.25) is 0 Å². The lowest BCUT2D eigenvalue weighted by Crippen LogP contribution is -2.59. The van der Waals surface area contributed by atoms with Gasteiger partial charge in [0, 0.05) is 23.3 Å². The molecule has 1 aromatic heterocycles. The van der Waals surface area contributed by atoms with Crippen molar-refractivity contribution in [2.24, 2.45) is 0 Å². The molecule has 0 bridgehead atoms. The Morgan fingerprint density at radius 3 is 2.50 bits per heavy atom. The van der Waals surface area contributed by atoms with Gasteiger partial charge >= 0.3 is 6.18 Å². The largest absolute Gasteiger partial charge is 0.419 e. The van der Waals surface area contributed by atoms with Crippen molar-refractivity contribution in [3.63, 3.8) is 0 Å². The van der Waals surface area contributed by atoms with Crippen molar-refractivity contribution in [2.45, 2.75) is 68.7 Å². The fourth-order valence-electron chi connectivity index (χ4n) is 5.83. The van der Waals surface area contributed by atoms with Gasteiger partial charge in [0.25, 0.3) is 0 Å². The van der Waals surface area contributed by atoms with Gasteiger partial charge in [-0.05, 0) is 42.7 Å². The van der Waals surface area contributed by atoms with Crippen LogP contribution in [0.15, 0.2) is 36.5 Å². The Morgan fingerprint density at radius 2 is 1.79 bits per heavy atom. The molecule has 1 saturated carbocycles. The number of nitrogens with zero attached hydrogens (tertiary/aromatic N) is 2. The summed E-state index contributed by atoms with van der Waals surface area (Å²) in [5.74, 6) is -2.27. The third-order valence-electron chi connectivity index (χ3n) is 7.42. The van der Waals surface area contributed by atoms with Crippen LogP contribution >= 0.6 is 0 Å². The van der Waals surface area contributed by atoms with Gasteiger partial charge in [-0.3, -0.25) is 0 Å². The number of benzene rings is 2. The second-order valence-corrected chi connectivity index (χ2v) is 9.50. The summed E-state index contributed by atoms with van der Waals surface area (Å²) in [6.45, 7) is 1.50. The van der Waals surface area contributed by atoms with Gasteiger partial charge in [-0.2, -0.15) is 13.2 Å². The summed E-state index contributed by atoms with van der Waals surface area (Å²) < 4.78 is 72.6. The molecule has 3 aromatic rings. The number of aromatic nitrogens is 2. The van der Waals surface area contributed by atoms with Crippen LogP contribution in [0, 0.1) is 18.6 Å². The average molecular weight is 477 g/mol. The quantitative estimate of drug-likeness (QED) is 0.427. The minimum absolute atomic E-state index is 0.0319. The van der Waals surface area contributed by atoms with Crippen LogP contribution in [0.2, 0.25) is 0 Å². The highest BCUT2D eigenvalue weighted by molar-refractivity contribution is 5.91. The maximum atomic E-state index is 14.6. The zero-order valence-electron chi connectivity index (χ0n) is 18.5. The Balaban J connectivity index is 1.71. The molecule has 4 nitrogen and oxygen atoms in total. The van der Waals surface area contributed by atoms with Crippen LogP contribution in [0.1, 0.15) is 61.5 Å². The van der Waals surface area contributed by atoms with E-state index >= 15 is 0 Å². The van der Waals surface area contributed by atoms with E-state index in [0.29, 0.717) is 18.4 Å². The van der Waals surface area contributed by atoms with Gasteiger partial charge in [-0.15, -0.1) is 0 Å². The van der Waals surface area contributed by atoms with E-state index in [2.05, 4.69) is 15.3 Å². The molecule has 180 valence electrons. The summed E-state index contributed by atoms with van der Waals surface area (Å²) >= 11 is 0. The summed E-state index contributed by atoms with van der Waals surface area (Å²) in [4.78, 5) is 7.94. The van der Waals surface area contributed by atoms with Crippen LogP contribution in [0.5, 0.6) is 0 Å². The first kappa shape index (κ1) is 23.0. The van der Waals surface area contributed by atoms with Crippen molar-refractivity contribution < 1.29 is 27.1 Å². The fraction of sp³-hybridized carbons (Fsp3) is 0.440. The molecule has 9 heteroatoms. The zero-order chi connectivity index (χ0) is 24.3. The minimum Gasteiger partial charge on any atom is -0.379 e. The number of fused-ring (bicyclic) bond motifs is 3. The second-order valence-electron chi connectivity index (χ2n) is 9.50. The number of rotatable bonds is 2. The third kappa shape index (κ3) is 3.43. The van der Waals surface area contributed by atoms with Crippen molar-refractivity contribution in [3.05, 3.63) is 65.1 Å². The molecular weight excluding hydrogens is 453 g/mol. The van der Waals surface area contributed by atoms with Gasteiger partial charge in [0.15, 0.2) is 17.2 Å². The van der Waals surface area contributed by atoms with E-state index in [1.54, 1.807) is 18.2 Å². The topological polar surface area (TPSA) is 58.0 Å². The predicted molar refractivity (Wildman–Crippen MR) is 117 cm³/mol. The molecule has 0 amide bonds. The number of nitrogens with one attached hydrogen (secondary N) is 1. The lowest BCUT2D eigenvalue weighted by molar-refractivity contribution is -0.277. The molecule has 0 aliphatic heterocycles. The monoisotopic (exact) mass is 477 g/mol. The minimum atomic E-state index is -4.97. The number of anilines is 1. The number of alkyl halides is 3. The molecule has 1 spiro atoms. The maximum Gasteiger partial charge on any atom is 0.419 e. The molecule has 1 heterocycles. The molecule has 2 atom stereocenters. The number of halogens is 5. The van der Waals surface area contributed by atoms with E-state index in [1.165, 1.54) is 13.1 Å². The lowest BCUT2D eigenvalue weighted by Gasteiger charge is -2.52. The van der Waals surface area contributed by atoms with E-state index in [1.807, 2.05) is 6.07 Å². The molecular formula is C25H24F5N3O. The summed E-state index contributed by atoms with van der Waals surface area (Å²) in [6, 6.07) is 5.96. The first-order valence-corrected chi connectivity index (χ1v) is 11.3. The van der Waals surface area contributed by atoms with Crippen molar-refractivity contribution in [3.8, 4) is 0 Å². The first-order valence-electron chi connectivity index (χ1n) is 11.3. The summed E-state index contributed by atoms with van der Waals surface area (Å²) in [7, 11) is 0. The van der Waals surface area contributed by atoms with Crippen LogP contribution in [0.25, 0.3) is 10.9 Å². The number of hydrogen-bond acceptors (Lipinski definition) is 4. The van der Waals surface area contributed by atoms with Crippen LogP contribution in [0.4, 0.5) is 27.6 Å². The van der Waals surface area contributed by atoms with Crippen LogP contribution in [0.3, 0.4) is 0 Å². The Bertz CT molecular complexity index is 1260. The Hall–Kier alpha value is -2.81. The molecule has 0 saturated heterocycles. The smallest absolute Gasteiger partial charge is 0.379 e. The van der Waals surface area contributed by atoms with Gasteiger partial charge in [0.05, 0.1) is 6.04 Å². The normalized spacial score (nSPS) is 24.3. The summed E-state index contributed by atoms with van der Waals surface area (Å²) in [6.07, 6.45) is -0.620. The van der Waals surface area contributed by atoms with Crippen LogP contribution < -0.4 is 5.32 Å². The van der Waals surface area contributed by atoms with E-state index in [9.17, 15) is 27.1 Å². The molecule has 2 aliphatic carbocycles. The molecule has 2 aromatic carbocycles. The maximum absolute atomic E-state index is 14.6. The van der Waals surface area contributed by atoms with Gasteiger partial charge in [-0.1, -0.05) is 43.5 Å². The first-order chi connectivity index (χ1) is 16.1. The molecule has 2 N–H and O–H groups in total. The summed E-state index contributed by atoms with van der Waals surface area (Å²) in [5, 5.41) is 14.1. The van der Waals surface area contributed by atoms with Gasteiger partial charge < -0.3 is 10.4 Å². The highest BCUT2D eigenvalue weighted by atomic mass is 19.4. The zero-order valence-corrected chi connectivity index (χ0v) is 18.5. The van der Waals surface area contributed by atoms with Crippen LogP contribution in [-0.2, 0) is 5.41 Å². The lowest BCUT2D eigenvalue weighted by atomic mass is 9.57. The van der Waals surface area contributed by atoms with E-state index in [-0.39, 0.29) is 22.4 Å². The second kappa shape index (κ2) is 7.86. The standard InChI is InChI=1S/C25H24F5N3O/c1-14-31-12-16-19(11-18(26)20(27)21(16)32-14)33-22-15-7-3-4-8-17(15)23(9-5-2-6-10-23)13-24(22,34)25(28,29)30/h3-4,7-8,11-12,22,33-34H,2,5-6,9-10,13H2,1H3. The van der Waals surface area contributed by atoms with Crippen molar-refractivity contribution >= 4 is 16.6 Å². The molecule has 34 heavy (non-hydrogen) atoms. The van der Waals surface area contributed by atoms with Crippen molar-refractivity contribution in [1.29, 1.82) is 0 Å². The predicted octanol–water partition coefficient (Wildman–Crippen LogP) is 6.27. The Morgan fingerprint density at radius 1 is 1.09 bits per heavy atom. The summed E-state index contributed by atoms with van der Waals surface area (Å²) in [5.41, 5.74) is -3.30. The molecule has 2 aliphatic rings. The highest BCUT2D eigenvalue weighted by Gasteiger charge is 2.65. The van der Waals surface area contributed by atoms with Gasteiger partial charge in [0.1, 0.15) is 11.3 Å². The highest BCUT2D eigenvalue weighted by Crippen LogP contribution is 2.58. The molecule has 1 fully saturated rings. The number of hydrogen-bond donors (Lipinski definition) is 2. The number of aliphatic hydroxyl groups is 1. The number of aryl methyl sites for hydroxylation is 1.